The zero-order chi connectivity index (χ0) is 28.0. The average molecular weight is 571 g/mol. The number of nitrogens with zero attached hydrogens (tertiary/aromatic N) is 2. The van der Waals surface area contributed by atoms with Gasteiger partial charge in [-0.05, 0) is 42.0 Å². The van der Waals surface area contributed by atoms with Crippen LogP contribution >= 0.6 is 11.6 Å². The number of halogens is 5. The molecular weight excluding hydrogens is 555 g/mol. The molecule has 0 aliphatic carbocycles. The molecule has 0 saturated carbocycles. The monoisotopic (exact) mass is 570 g/mol. The maximum Gasteiger partial charge on any atom is 0.738 e. The van der Waals surface area contributed by atoms with E-state index in [1.807, 2.05) is 0 Å². The number of allylic oxidation sites excluding steroid dienone is 1. The van der Waals surface area contributed by atoms with Gasteiger partial charge in [-0.3, -0.25) is 0 Å². The molecular formula is C31H16BClF4N2O2. The molecule has 6 aromatic rings. The van der Waals surface area contributed by atoms with Gasteiger partial charge in [0.15, 0.2) is 11.1 Å². The lowest BCUT2D eigenvalue weighted by Gasteiger charge is -2.31. The quantitative estimate of drug-likeness (QED) is 0.168. The first kappa shape index (κ1) is 24.1. The SMILES string of the molecule is Fc1cccc(-c2cc3c(o2)=CC2=C(c4ccc(Cl)cc4)c4cc5oc(-c6cccc(F)c6)cc5n4[B-](F)(F)[N+]=32)c1. The van der Waals surface area contributed by atoms with Crippen molar-refractivity contribution in [2.75, 3.05) is 0 Å². The molecule has 0 fully saturated rings. The third-order valence-electron chi connectivity index (χ3n) is 7.54. The molecule has 0 amide bonds. The predicted molar refractivity (Wildman–Crippen MR) is 149 cm³/mol. The van der Waals surface area contributed by atoms with Gasteiger partial charge in [0.2, 0.25) is 5.36 Å². The number of aromatic nitrogens is 1. The summed E-state index contributed by atoms with van der Waals surface area (Å²) in [5.74, 6) is -0.390. The first-order chi connectivity index (χ1) is 19.8. The Hall–Kier alpha value is -4.76. The molecule has 3 aromatic carbocycles. The van der Waals surface area contributed by atoms with Gasteiger partial charge in [-0.1, -0.05) is 48.0 Å². The summed E-state index contributed by atoms with van der Waals surface area (Å²) in [4.78, 5) is 0. The smallest absolute Gasteiger partial charge is 0.455 e. The summed E-state index contributed by atoms with van der Waals surface area (Å²) in [5, 5.41) is 0.671. The number of benzene rings is 3. The maximum atomic E-state index is 16.8. The Kier molecular flexibility index (Phi) is 4.92. The molecule has 0 saturated heterocycles. The highest BCUT2D eigenvalue weighted by Crippen LogP contribution is 2.42. The van der Waals surface area contributed by atoms with E-state index < -0.39 is 18.6 Å². The van der Waals surface area contributed by atoms with Gasteiger partial charge in [-0.25, -0.2) is 8.78 Å². The van der Waals surface area contributed by atoms with Crippen molar-refractivity contribution in [3.63, 3.8) is 0 Å². The van der Waals surface area contributed by atoms with Gasteiger partial charge in [-0.15, -0.1) is 0 Å². The van der Waals surface area contributed by atoms with Crippen LogP contribution in [-0.4, -0.2) is 11.4 Å². The van der Waals surface area contributed by atoms with Crippen molar-refractivity contribution in [2.45, 2.75) is 0 Å². The highest BCUT2D eigenvalue weighted by Gasteiger charge is 2.54. The van der Waals surface area contributed by atoms with E-state index in [0.29, 0.717) is 27.3 Å². The number of rotatable bonds is 3. The van der Waals surface area contributed by atoms with E-state index >= 15 is 8.63 Å². The van der Waals surface area contributed by atoms with Crippen LogP contribution in [-0.2, 0) is 0 Å². The molecule has 0 N–H and O–H groups in total. The van der Waals surface area contributed by atoms with Crippen LogP contribution in [0, 0.1) is 11.6 Å². The van der Waals surface area contributed by atoms with Crippen LogP contribution in [0.4, 0.5) is 17.4 Å². The van der Waals surface area contributed by atoms with Crippen molar-refractivity contribution in [2.24, 2.45) is 0 Å². The first-order valence-electron chi connectivity index (χ1n) is 12.8. The van der Waals surface area contributed by atoms with Crippen LogP contribution < -0.4 is 15.3 Å². The van der Waals surface area contributed by atoms with E-state index in [1.165, 1.54) is 48.5 Å². The van der Waals surface area contributed by atoms with E-state index in [2.05, 4.69) is 0 Å². The zero-order valence-electron chi connectivity index (χ0n) is 20.9. The van der Waals surface area contributed by atoms with E-state index in [1.54, 1.807) is 48.5 Å². The second-order valence-electron chi connectivity index (χ2n) is 10.0. The largest absolute Gasteiger partial charge is 0.738 e. The van der Waals surface area contributed by atoms with Crippen molar-refractivity contribution < 1.29 is 26.2 Å². The van der Waals surface area contributed by atoms with Gasteiger partial charge >= 0.3 is 6.97 Å². The van der Waals surface area contributed by atoms with Crippen LogP contribution in [0.15, 0.2) is 106 Å². The molecule has 2 aliphatic rings. The molecule has 41 heavy (non-hydrogen) atoms. The molecule has 0 radical (unpaired) electrons. The van der Waals surface area contributed by atoms with Gasteiger partial charge < -0.3 is 26.4 Å². The van der Waals surface area contributed by atoms with Crippen molar-refractivity contribution in [3.05, 3.63) is 135 Å². The summed E-state index contributed by atoms with van der Waals surface area (Å²) in [7, 11) is 0. The highest BCUT2D eigenvalue weighted by atomic mass is 35.5. The van der Waals surface area contributed by atoms with Crippen molar-refractivity contribution in [3.8, 4) is 22.6 Å². The molecule has 10 heteroatoms. The fourth-order valence-electron chi connectivity index (χ4n) is 5.80. The van der Waals surface area contributed by atoms with Crippen LogP contribution in [0.3, 0.4) is 0 Å². The summed E-state index contributed by atoms with van der Waals surface area (Å²) in [6.07, 6.45) is 1.58. The lowest BCUT2D eigenvalue weighted by atomic mass is 9.86. The Morgan fingerprint density at radius 1 is 0.732 bits per heavy atom. The van der Waals surface area contributed by atoms with Gasteiger partial charge in [0, 0.05) is 34.0 Å². The molecule has 200 valence electrons. The van der Waals surface area contributed by atoms with E-state index in [-0.39, 0.29) is 44.8 Å². The Labute approximate surface area is 234 Å². The van der Waals surface area contributed by atoms with E-state index in [4.69, 9.17) is 20.4 Å². The summed E-state index contributed by atoms with van der Waals surface area (Å²) in [5.41, 5.74) is 3.22. The second kappa shape index (κ2) is 8.38. The van der Waals surface area contributed by atoms with Crippen molar-refractivity contribution in [1.29, 1.82) is 0 Å². The second-order valence-corrected chi connectivity index (χ2v) is 10.4. The van der Waals surface area contributed by atoms with Gasteiger partial charge in [-0.2, -0.15) is 0 Å². The molecule has 0 unspecified atom stereocenters. The molecule has 0 bridgehead atoms. The number of hydrogen-bond donors (Lipinski definition) is 0. The summed E-state index contributed by atoms with van der Waals surface area (Å²) in [6.45, 7) is -4.46. The number of fused-ring (bicyclic) bond motifs is 5. The van der Waals surface area contributed by atoms with Crippen LogP contribution in [0.2, 0.25) is 5.02 Å². The summed E-state index contributed by atoms with van der Waals surface area (Å²) >= 11 is 6.14. The summed E-state index contributed by atoms with van der Waals surface area (Å²) < 4.78 is 75.3. The number of furan rings is 2. The third kappa shape index (κ3) is 3.52. The fraction of sp³-hybridized carbons (Fsp3) is 0. The third-order valence-corrected chi connectivity index (χ3v) is 7.79. The van der Waals surface area contributed by atoms with Gasteiger partial charge in [0.25, 0.3) is 0 Å². The normalized spacial score (nSPS) is 15.2. The minimum absolute atomic E-state index is 0.164. The topological polar surface area (TPSA) is 34.2 Å². The van der Waals surface area contributed by atoms with Crippen LogP contribution in [0.1, 0.15) is 11.3 Å². The first-order valence-corrected chi connectivity index (χ1v) is 13.1. The molecule has 0 spiro atoms. The highest BCUT2D eigenvalue weighted by molar-refractivity contribution is 6.65. The zero-order valence-corrected chi connectivity index (χ0v) is 21.7. The summed E-state index contributed by atoms with van der Waals surface area (Å²) in [6, 6.07) is 23.0. The van der Waals surface area contributed by atoms with Crippen LogP contribution in [0.25, 0.3) is 45.4 Å². The van der Waals surface area contributed by atoms with Gasteiger partial charge in [0.1, 0.15) is 28.7 Å². The molecule has 4 nitrogen and oxygen atoms in total. The molecule has 8 rings (SSSR count). The molecule has 3 aromatic heterocycles. The van der Waals surface area contributed by atoms with Crippen LogP contribution in [0.5, 0.6) is 0 Å². The molecule has 5 heterocycles. The Balaban J connectivity index is 1.42. The maximum absolute atomic E-state index is 16.8. The Morgan fingerprint density at radius 3 is 2.05 bits per heavy atom. The Morgan fingerprint density at radius 2 is 1.39 bits per heavy atom. The standard InChI is InChI=1S/C31H16BClF4N2O2/c33-20-9-7-17(8-10-20)31-25-15-29-23(13-27(40-29)18-3-1-5-21(34)11-18)38(25)32(36,37)39-24-14-28(41-30(24)16-26(31)39)19-4-2-6-22(35)12-19/h1-16H. The minimum atomic E-state index is -4.46. The van der Waals surface area contributed by atoms with Crippen molar-refractivity contribution >= 4 is 41.3 Å². The molecule has 2 aliphatic heterocycles. The minimum Gasteiger partial charge on any atom is -0.455 e. The fourth-order valence-corrected chi connectivity index (χ4v) is 5.93. The Bertz CT molecular complexity index is 2230. The lowest BCUT2D eigenvalue weighted by molar-refractivity contribution is 0.513. The van der Waals surface area contributed by atoms with Gasteiger partial charge in [0.05, 0.1) is 23.2 Å². The predicted octanol–water partition coefficient (Wildman–Crippen LogP) is 7.07. The van der Waals surface area contributed by atoms with Crippen molar-refractivity contribution in [1.82, 2.24) is 8.96 Å². The molecule has 0 atom stereocenters. The number of hydrogen-bond acceptors (Lipinski definition) is 2. The van der Waals surface area contributed by atoms with E-state index in [0.717, 1.165) is 8.96 Å². The van der Waals surface area contributed by atoms with E-state index in [9.17, 15) is 8.78 Å². The lowest BCUT2D eigenvalue weighted by Crippen LogP contribution is -2.56. The average Bonchev–Trinajstić information content (AvgIpc) is 3.68.